The minimum absolute atomic E-state index is 0.0108. The normalized spacial score (nSPS) is 19.6. The molecule has 2 aliphatic rings. The number of nitrogens with zero attached hydrogens (tertiary/aromatic N) is 2. The van der Waals surface area contributed by atoms with Crippen LogP contribution in [0.4, 0.5) is 5.69 Å². The maximum absolute atomic E-state index is 13.7. The molecule has 4 rings (SSSR count). The van der Waals surface area contributed by atoms with Crippen LogP contribution < -0.4 is 4.90 Å². The summed E-state index contributed by atoms with van der Waals surface area (Å²) in [6.45, 7) is 4.12. The molecule has 2 heterocycles. The SMILES string of the molecule is CN1C(=O)C(C)(C)c2cc(S(=O)(=O)N(Cc3cccs3)C3CCCC3)ccc21. The Morgan fingerprint density at radius 1 is 1.21 bits per heavy atom. The number of anilines is 1. The van der Waals surface area contributed by atoms with Gasteiger partial charge in [-0.3, -0.25) is 4.79 Å². The highest BCUT2D eigenvalue weighted by Crippen LogP contribution is 2.42. The molecule has 1 aromatic heterocycles. The quantitative estimate of drug-likeness (QED) is 0.733. The summed E-state index contributed by atoms with van der Waals surface area (Å²) in [4.78, 5) is 15.5. The molecule has 1 aliphatic heterocycles. The molecule has 150 valence electrons. The van der Waals surface area contributed by atoms with Gasteiger partial charge in [0, 0.05) is 30.2 Å². The second kappa shape index (κ2) is 6.97. The number of carbonyl (C=O) groups excluding carboxylic acids is 1. The third-order valence-corrected chi connectivity index (χ3v) is 8.83. The summed E-state index contributed by atoms with van der Waals surface area (Å²) in [5.41, 5.74) is 0.852. The lowest BCUT2D eigenvalue weighted by Gasteiger charge is -2.28. The molecule has 0 N–H and O–H groups in total. The fourth-order valence-corrected chi connectivity index (χ4v) is 6.88. The van der Waals surface area contributed by atoms with Crippen molar-refractivity contribution >= 4 is 33.0 Å². The van der Waals surface area contributed by atoms with Crippen LogP contribution in [0, 0.1) is 0 Å². The maximum atomic E-state index is 13.7. The van der Waals surface area contributed by atoms with Gasteiger partial charge in [-0.25, -0.2) is 8.42 Å². The number of fused-ring (bicyclic) bond motifs is 1. The van der Waals surface area contributed by atoms with E-state index in [0.29, 0.717) is 6.54 Å². The highest BCUT2D eigenvalue weighted by Gasteiger charge is 2.43. The van der Waals surface area contributed by atoms with E-state index in [4.69, 9.17) is 0 Å². The Labute approximate surface area is 171 Å². The number of benzene rings is 1. The first-order chi connectivity index (χ1) is 13.2. The molecule has 1 aliphatic carbocycles. The van der Waals surface area contributed by atoms with Gasteiger partial charge in [0.25, 0.3) is 0 Å². The number of carbonyl (C=O) groups is 1. The van der Waals surface area contributed by atoms with E-state index < -0.39 is 15.4 Å². The van der Waals surface area contributed by atoms with Gasteiger partial charge in [0.15, 0.2) is 0 Å². The molecule has 0 spiro atoms. The van der Waals surface area contributed by atoms with Crippen molar-refractivity contribution < 1.29 is 13.2 Å². The van der Waals surface area contributed by atoms with Gasteiger partial charge < -0.3 is 4.90 Å². The summed E-state index contributed by atoms with van der Waals surface area (Å²) >= 11 is 1.58. The highest BCUT2D eigenvalue weighted by atomic mass is 32.2. The number of hydrogen-bond donors (Lipinski definition) is 0. The molecular weight excluding hydrogens is 392 g/mol. The minimum atomic E-state index is -3.66. The smallest absolute Gasteiger partial charge is 0.243 e. The molecule has 1 aromatic carbocycles. The van der Waals surface area contributed by atoms with Gasteiger partial charge in [0.2, 0.25) is 15.9 Å². The second-order valence-electron chi connectivity index (χ2n) is 8.24. The van der Waals surface area contributed by atoms with Crippen molar-refractivity contribution in [1.82, 2.24) is 4.31 Å². The summed E-state index contributed by atoms with van der Waals surface area (Å²) in [7, 11) is -1.92. The molecule has 0 radical (unpaired) electrons. The van der Waals surface area contributed by atoms with Crippen molar-refractivity contribution in [1.29, 1.82) is 0 Å². The van der Waals surface area contributed by atoms with Gasteiger partial charge in [-0.05, 0) is 61.9 Å². The van der Waals surface area contributed by atoms with Gasteiger partial charge >= 0.3 is 0 Å². The van der Waals surface area contributed by atoms with Crippen molar-refractivity contribution in [2.75, 3.05) is 11.9 Å². The summed E-state index contributed by atoms with van der Waals surface area (Å²) in [5.74, 6) is -0.0108. The first-order valence-corrected chi connectivity index (χ1v) is 12.0. The monoisotopic (exact) mass is 418 g/mol. The lowest BCUT2D eigenvalue weighted by molar-refractivity contribution is -0.121. The molecular formula is C21H26N2O3S2. The Kier molecular flexibility index (Phi) is 4.88. The van der Waals surface area contributed by atoms with Gasteiger partial charge in [0.1, 0.15) is 0 Å². The molecule has 5 nitrogen and oxygen atoms in total. The second-order valence-corrected chi connectivity index (χ2v) is 11.2. The van der Waals surface area contributed by atoms with Crippen molar-refractivity contribution in [3.8, 4) is 0 Å². The van der Waals surface area contributed by atoms with Crippen molar-refractivity contribution in [2.45, 2.75) is 62.4 Å². The van der Waals surface area contributed by atoms with E-state index in [1.807, 2.05) is 31.4 Å². The molecule has 7 heteroatoms. The lowest BCUT2D eigenvalue weighted by atomic mass is 9.86. The van der Waals surface area contributed by atoms with Crippen LogP contribution in [-0.4, -0.2) is 31.7 Å². The zero-order chi connectivity index (χ0) is 20.1. The predicted octanol–water partition coefficient (Wildman–Crippen LogP) is 4.14. The molecule has 0 bridgehead atoms. The first kappa shape index (κ1) is 19.6. The zero-order valence-electron chi connectivity index (χ0n) is 16.5. The van der Waals surface area contributed by atoms with Crippen LogP contribution in [0.5, 0.6) is 0 Å². The number of hydrogen-bond acceptors (Lipinski definition) is 4. The van der Waals surface area contributed by atoms with Gasteiger partial charge in [-0.2, -0.15) is 4.31 Å². The Morgan fingerprint density at radius 3 is 2.57 bits per heavy atom. The van der Waals surface area contributed by atoms with E-state index in [0.717, 1.165) is 41.8 Å². The number of likely N-dealkylation sites (N-methyl/N-ethyl adjacent to an activating group) is 1. The van der Waals surface area contributed by atoms with Gasteiger partial charge in [-0.15, -0.1) is 11.3 Å². The molecule has 0 unspecified atom stereocenters. The van der Waals surface area contributed by atoms with Crippen molar-refractivity contribution in [2.24, 2.45) is 0 Å². The fraction of sp³-hybridized carbons (Fsp3) is 0.476. The molecule has 1 fully saturated rings. The summed E-state index contributed by atoms with van der Waals surface area (Å²) < 4.78 is 29.0. The van der Waals surface area contributed by atoms with Crippen LogP contribution in [0.25, 0.3) is 0 Å². The van der Waals surface area contributed by atoms with Crippen LogP contribution in [-0.2, 0) is 26.8 Å². The van der Waals surface area contributed by atoms with E-state index in [1.165, 1.54) is 0 Å². The Bertz CT molecular complexity index is 991. The summed E-state index contributed by atoms with van der Waals surface area (Å²) in [6.07, 6.45) is 3.94. The molecule has 2 aromatic rings. The largest absolute Gasteiger partial charge is 0.314 e. The van der Waals surface area contributed by atoms with E-state index in [-0.39, 0.29) is 16.8 Å². The average molecular weight is 419 g/mol. The minimum Gasteiger partial charge on any atom is -0.314 e. The fourth-order valence-electron chi connectivity index (χ4n) is 4.41. The Morgan fingerprint density at radius 2 is 1.93 bits per heavy atom. The van der Waals surface area contributed by atoms with E-state index in [2.05, 4.69) is 0 Å². The molecule has 1 saturated carbocycles. The topological polar surface area (TPSA) is 57.7 Å². The maximum Gasteiger partial charge on any atom is 0.243 e. The standard InChI is InChI=1S/C21H26N2O3S2/c1-21(2)18-13-17(10-11-19(18)22(3)20(21)24)28(25,26)23(15-7-4-5-8-15)14-16-9-6-12-27-16/h6,9-13,15H,4-5,7-8,14H2,1-3H3. The Hall–Kier alpha value is -1.70. The number of thiophene rings is 1. The highest BCUT2D eigenvalue weighted by molar-refractivity contribution is 7.89. The number of amides is 1. The summed E-state index contributed by atoms with van der Waals surface area (Å²) in [5, 5.41) is 1.98. The number of sulfonamides is 1. The van der Waals surface area contributed by atoms with Crippen LogP contribution >= 0.6 is 11.3 Å². The molecule has 0 atom stereocenters. The van der Waals surface area contributed by atoms with Crippen molar-refractivity contribution in [3.63, 3.8) is 0 Å². The van der Waals surface area contributed by atoms with Gasteiger partial charge in [0.05, 0.1) is 10.3 Å². The number of rotatable bonds is 5. The van der Waals surface area contributed by atoms with E-state index in [9.17, 15) is 13.2 Å². The summed E-state index contributed by atoms with van der Waals surface area (Å²) in [6, 6.07) is 9.11. The third-order valence-electron chi connectivity index (χ3n) is 6.07. The lowest BCUT2D eigenvalue weighted by Crippen LogP contribution is -2.38. The Balaban J connectivity index is 1.76. The van der Waals surface area contributed by atoms with Crippen molar-refractivity contribution in [3.05, 3.63) is 46.2 Å². The first-order valence-electron chi connectivity index (χ1n) is 9.70. The van der Waals surface area contributed by atoms with Gasteiger partial charge in [-0.1, -0.05) is 18.9 Å². The van der Waals surface area contributed by atoms with Crippen LogP contribution in [0.2, 0.25) is 0 Å². The zero-order valence-corrected chi connectivity index (χ0v) is 18.1. The van der Waals surface area contributed by atoms with Crippen LogP contribution in [0.1, 0.15) is 50.0 Å². The predicted molar refractivity (Wildman–Crippen MR) is 112 cm³/mol. The molecule has 0 saturated heterocycles. The molecule has 1 amide bonds. The van der Waals surface area contributed by atoms with Crippen LogP contribution in [0.15, 0.2) is 40.6 Å². The van der Waals surface area contributed by atoms with E-state index in [1.54, 1.807) is 45.8 Å². The van der Waals surface area contributed by atoms with Crippen LogP contribution in [0.3, 0.4) is 0 Å². The van der Waals surface area contributed by atoms with E-state index >= 15 is 0 Å². The molecule has 28 heavy (non-hydrogen) atoms. The third kappa shape index (κ3) is 3.09. The average Bonchev–Trinajstić information content (AvgIpc) is 3.40.